The first-order valence-electron chi connectivity index (χ1n) is 7.39. The van der Waals surface area contributed by atoms with Crippen molar-refractivity contribution in [2.75, 3.05) is 18.5 Å². The summed E-state index contributed by atoms with van der Waals surface area (Å²) in [5, 5.41) is 11.5. The Hall–Kier alpha value is -3.00. The van der Waals surface area contributed by atoms with E-state index >= 15 is 0 Å². The SMILES string of the molecule is N#CCc1ccc(NC(=O)Cc2ccc3c(c2)OCCO3)cc1. The van der Waals surface area contributed by atoms with Crippen LogP contribution in [0.2, 0.25) is 0 Å². The minimum atomic E-state index is -0.102. The molecule has 5 heteroatoms. The highest BCUT2D eigenvalue weighted by Crippen LogP contribution is 2.30. The van der Waals surface area contributed by atoms with Gasteiger partial charge in [-0.2, -0.15) is 5.26 Å². The lowest BCUT2D eigenvalue weighted by atomic mass is 10.1. The van der Waals surface area contributed by atoms with E-state index in [4.69, 9.17) is 14.7 Å². The summed E-state index contributed by atoms with van der Waals surface area (Å²) in [6.45, 7) is 1.08. The quantitative estimate of drug-likeness (QED) is 0.942. The van der Waals surface area contributed by atoms with E-state index in [-0.39, 0.29) is 12.3 Å². The van der Waals surface area contributed by atoms with Gasteiger partial charge in [-0.3, -0.25) is 4.79 Å². The summed E-state index contributed by atoms with van der Waals surface area (Å²) < 4.78 is 11.0. The molecule has 3 rings (SSSR count). The van der Waals surface area contributed by atoms with Gasteiger partial charge in [0.15, 0.2) is 11.5 Å². The number of hydrogen-bond acceptors (Lipinski definition) is 4. The van der Waals surface area contributed by atoms with Crippen molar-refractivity contribution in [2.24, 2.45) is 0 Å². The third-order valence-electron chi connectivity index (χ3n) is 3.49. The lowest BCUT2D eigenvalue weighted by Crippen LogP contribution is -2.17. The van der Waals surface area contributed by atoms with Gasteiger partial charge < -0.3 is 14.8 Å². The van der Waals surface area contributed by atoms with Gasteiger partial charge in [-0.05, 0) is 35.4 Å². The van der Waals surface area contributed by atoms with Crippen LogP contribution in [0.5, 0.6) is 11.5 Å². The zero-order valence-electron chi connectivity index (χ0n) is 12.5. The molecule has 0 fully saturated rings. The molecule has 2 aromatic rings. The molecule has 1 aliphatic heterocycles. The molecule has 0 aromatic heterocycles. The fourth-order valence-corrected chi connectivity index (χ4v) is 2.39. The van der Waals surface area contributed by atoms with Crippen LogP contribution in [0.25, 0.3) is 0 Å². The summed E-state index contributed by atoms with van der Waals surface area (Å²) in [5.74, 6) is 1.30. The van der Waals surface area contributed by atoms with Crippen molar-refractivity contribution >= 4 is 11.6 Å². The number of carbonyl (C=O) groups excluding carboxylic acids is 1. The maximum Gasteiger partial charge on any atom is 0.228 e. The molecule has 0 bridgehead atoms. The molecule has 1 N–H and O–H groups in total. The molecule has 1 amide bonds. The summed E-state index contributed by atoms with van der Waals surface area (Å²) in [4.78, 5) is 12.1. The second kappa shape index (κ2) is 6.84. The van der Waals surface area contributed by atoms with Crippen molar-refractivity contribution in [3.05, 3.63) is 53.6 Å². The maximum atomic E-state index is 12.1. The van der Waals surface area contributed by atoms with Crippen LogP contribution in [0, 0.1) is 11.3 Å². The Morgan fingerprint density at radius 3 is 2.48 bits per heavy atom. The van der Waals surface area contributed by atoms with Crippen LogP contribution in [0.4, 0.5) is 5.69 Å². The van der Waals surface area contributed by atoms with E-state index in [1.807, 2.05) is 30.3 Å². The Bertz CT molecular complexity index is 748. The van der Waals surface area contributed by atoms with Crippen LogP contribution < -0.4 is 14.8 Å². The highest BCUT2D eigenvalue weighted by Gasteiger charge is 2.13. The van der Waals surface area contributed by atoms with E-state index in [1.165, 1.54) is 0 Å². The van der Waals surface area contributed by atoms with Crippen LogP contribution >= 0.6 is 0 Å². The molecule has 23 heavy (non-hydrogen) atoms. The average molecular weight is 308 g/mol. The summed E-state index contributed by atoms with van der Waals surface area (Å²) in [5.41, 5.74) is 2.51. The van der Waals surface area contributed by atoms with Gasteiger partial charge in [0.2, 0.25) is 5.91 Å². The smallest absolute Gasteiger partial charge is 0.228 e. The largest absolute Gasteiger partial charge is 0.486 e. The molecule has 0 unspecified atom stereocenters. The molecular formula is C18H16N2O3. The Labute approximate surface area is 134 Å². The second-order valence-corrected chi connectivity index (χ2v) is 5.23. The van der Waals surface area contributed by atoms with E-state index in [0.29, 0.717) is 36.8 Å². The number of fused-ring (bicyclic) bond motifs is 1. The van der Waals surface area contributed by atoms with E-state index in [2.05, 4.69) is 11.4 Å². The molecule has 2 aromatic carbocycles. The molecule has 0 radical (unpaired) electrons. The number of rotatable bonds is 4. The first kappa shape index (κ1) is 14.9. The number of nitrogens with one attached hydrogen (secondary N) is 1. The molecule has 0 saturated heterocycles. The number of nitrogens with zero attached hydrogens (tertiary/aromatic N) is 1. The Morgan fingerprint density at radius 1 is 1.04 bits per heavy atom. The third kappa shape index (κ3) is 3.80. The normalized spacial score (nSPS) is 12.3. The fraction of sp³-hybridized carbons (Fsp3) is 0.222. The van der Waals surface area contributed by atoms with E-state index < -0.39 is 0 Å². The Morgan fingerprint density at radius 2 is 1.74 bits per heavy atom. The Kier molecular flexibility index (Phi) is 4.44. The first-order valence-corrected chi connectivity index (χ1v) is 7.39. The van der Waals surface area contributed by atoms with Gasteiger partial charge in [-0.25, -0.2) is 0 Å². The minimum Gasteiger partial charge on any atom is -0.486 e. The number of benzene rings is 2. The van der Waals surface area contributed by atoms with E-state index in [0.717, 1.165) is 11.1 Å². The number of amides is 1. The standard InChI is InChI=1S/C18H16N2O3/c19-8-7-13-1-4-15(5-2-13)20-18(21)12-14-3-6-16-17(11-14)23-10-9-22-16/h1-6,11H,7,9-10,12H2,(H,20,21). The molecule has 0 atom stereocenters. The van der Waals surface area contributed by atoms with E-state index in [1.54, 1.807) is 12.1 Å². The molecular weight excluding hydrogens is 292 g/mol. The average Bonchev–Trinajstić information content (AvgIpc) is 2.57. The molecule has 1 heterocycles. The van der Waals surface area contributed by atoms with Crippen molar-refractivity contribution in [2.45, 2.75) is 12.8 Å². The number of ether oxygens (including phenoxy) is 2. The minimum absolute atomic E-state index is 0.102. The molecule has 0 saturated carbocycles. The monoisotopic (exact) mass is 308 g/mol. The van der Waals surface area contributed by atoms with E-state index in [9.17, 15) is 4.79 Å². The van der Waals surface area contributed by atoms with Crippen molar-refractivity contribution in [3.63, 3.8) is 0 Å². The summed E-state index contributed by atoms with van der Waals surface area (Å²) in [6.07, 6.45) is 0.627. The zero-order valence-corrected chi connectivity index (χ0v) is 12.5. The number of carbonyl (C=O) groups is 1. The lowest BCUT2D eigenvalue weighted by molar-refractivity contribution is -0.115. The highest BCUT2D eigenvalue weighted by molar-refractivity contribution is 5.92. The van der Waals surface area contributed by atoms with Crippen LogP contribution in [0.3, 0.4) is 0 Å². The van der Waals surface area contributed by atoms with Crippen molar-refractivity contribution in [1.29, 1.82) is 5.26 Å². The van der Waals surface area contributed by atoms with Gasteiger partial charge in [0.1, 0.15) is 13.2 Å². The summed E-state index contributed by atoms with van der Waals surface area (Å²) in [6, 6.07) is 14.9. The number of anilines is 1. The predicted octanol–water partition coefficient (Wildman–Crippen LogP) is 2.71. The molecule has 0 spiro atoms. The third-order valence-corrected chi connectivity index (χ3v) is 3.49. The molecule has 1 aliphatic rings. The van der Waals surface area contributed by atoms with Gasteiger partial charge in [-0.1, -0.05) is 18.2 Å². The topological polar surface area (TPSA) is 71.4 Å². The van der Waals surface area contributed by atoms with Crippen LogP contribution in [-0.2, 0) is 17.6 Å². The highest BCUT2D eigenvalue weighted by atomic mass is 16.6. The molecule has 116 valence electrons. The summed E-state index contributed by atoms with van der Waals surface area (Å²) in [7, 11) is 0. The number of hydrogen-bond donors (Lipinski definition) is 1. The van der Waals surface area contributed by atoms with Crippen molar-refractivity contribution in [3.8, 4) is 17.6 Å². The Balaban J connectivity index is 1.62. The van der Waals surface area contributed by atoms with Gasteiger partial charge in [0.25, 0.3) is 0 Å². The van der Waals surface area contributed by atoms with Crippen molar-refractivity contribution < 1.29 is 14.3 Å². The fourth-order valence-electron chi connectivity index (χ4n) is 2.39. The van der Waals surface area contributed by atoms with Crippen LogP contribution in [-0.4, -0.2) is 19.1 Å². The van der Waals surface area contributed by atoms with Crippen LogP contribution in [0.1, 0.15) is 11.1 Å². The van der Waals surface area contributed by atoms with Gasteiger partial charge >= 0.3 is 0 Å². The van der Waals surface area contributed by atoms with Gasteiger partial charge in [0.05, 0.1) is 18.9 Å². The summed E-state index contributed by atoms with van der Waals surface area (Å²) >= 11 is 0. The van der Waals surface area contributed by atoms with Gasteiger partial charge in [0, 0.05) is 5.69 Å². The molecule has 5 nitrogen and oxygen atoms in total. The zero-order chi connectivity index (χ0) is 16.1. The number of nitriles is 1. The van der Waals surface area contributed by atoms with Crippen LogP contribution in [0.15, 0.2) is 42.5 Å². The lowest BCUT2D eigenvalue weighted by Gasteiger charge is -2.18. The maximum absolute atomic E-state index is 12.1. The van der Waals surface area contributed by atoms with Crippen molar-refractivity contribution in [1.82, 2.24) is 0 Å². The molecule has 0 aliphatic carbocycles. The van der Waals surface area contributed by atoms with Gasteiger partial charge in [-0.15, -0.1) is 0 Å². The first-order chi connectivity index (χ1) is 11.2. The predicted molar refractivity (Wildman–Crippen MR) is 85.5 cm³/mol. The second-order valence-electron chi connectivity index (χ2n) is 5.23.